The van der Waals surface area contributed by atoms with Gasteiger partial charge in [-0.15, -0.1) is 11.3 Å². The predicted molar refractivity (Wildman–Crippen MR) is 122 cm³/mol. The number of amides is 3. The number of carbonyl (C=O) groups is 3. The van der Waals surface area contributed by atoms with Crippen LogP contribution in [0.25, 0.3) is 0 Å². The van der Waals surface area contributed by atoms with Gasteiger partial charge in [0, 0.05) is 57.9 Å². The molecule has 0 unspecified atom stereocenters. The summed E-state index contributed by atoms with van der Waals surface area (Å²) in [4.78, 5) is 43.7. The Morgan fingerprint density at radius 1 is 0.903 bits per heavy atom. The number of hydrogen-bond acceptors (Lipinski definition) is 5. The van der Waals surface area contributed by atoms with Gasteiger partial charge in [-0.05, 0) is 36.4 Å². The summed E-state index contributed by atoms with van der Waals surface area (Å²) in [6, 6.07) is 11.6. The molecule has 2 fully saturated rings. The van der Waals surface area contributed by atoms with Crippen LogP contribution in [-0.4, -0.2) is 72.8 Å². The molecule has 1 aromatic heterocycles. The van der Waals surface area contributed by atoms with E-state index < -0.39 is 0 Å². The van der Waals surface area contributed by atoms with Crippen molar-refractivity contribution in [2.45, 2.75) is 25.8 Å². The summed E-state index contributed by atoms with van der Waals surface area (Å²) >= 11 is 1.45. The zero-order valence-corrected chi connectivity index (χ0v) is 18.6. The Kier molecular flexibility index (Phi) is 6.56. The van der Waals surface area contributed by atoms with Crippen LogP contribution < -0.4 is 10.2 Å². The minimum absolute atomic E-state index is 0.00580. The van der Waals surface area contributed by atoms with Crippen LogP contribution in [0.1, 0.15) is 39.8 Å². The first-order chi connectivity index (χ1) is 15.0. The number of piperidine rings is 1. The van der Waals surface area contributed by atoms with Crippen molar-refractivity contribution in [2.24, 2.45) is 0 Å². The number of anilines is 1. The summed E-state index contributed by atoms with van der Waals surface area (Å²) in [5, 5.41) is 5.04. The van der Waals surface area contributed by atoms with Crippen molar-refractivity contribution < 1.29 is 14.4 Å². The van der Waals surface area contributed by atoms with Gasteiger partial charge in [0.05, 0.1) is 10.4 Å². The highest BCUT2D eigenvalue weighted by Crippen LogP contribution is 2.26. The van der Waals surface area contributed by atoms with Gasteiger partial charge in [-0.3, -0.25) is 14.4 Å². The lowest BCUT2D eigenvalue weighted by Gasteiger charge is -2.37. The van der Waals surface area contributed by atoms with Crippen molar-refractivity contribution in [3.05, 3.63) is 52.2 Å². The maximum atomic E-state index is 13.2. The molecule has 0 aliphatic carbocycles. The third kappa shape index (κ3) is 4.90. The summed E-state index contributed by atoms with van der Waals surface area (Å²) in [6.07, 6.45) is 1.69. The topological polar surface area (TPSA) is 73.0 Å². The second kappa shape index (κ2) is 9.51. The highest BCUT2D eigenvalue weighted by molar-refractivity contribution is 7.12. The first kappa shape index (κ1) is 21.4. The van der Waals surface area contributed by atoms with Crippen molar-refractivity contribution >= 4 is 34.7 Å². The van der Waals surface area contributed by atoms with Crippen molar-refractivity contribution in [3.8, 4) is 0 Å². The maximum absolute atomic E-state index is 13.2. The van der Waals surface area contributed by atoms with Gasteiger partial charge in [-0.25, -0.2) is 0 Å². The Bertz CT molecular complexity index is 930. The molecule has 8 heteroatoms. The Balaban J connectivity index is 1.37. The summed E-state index contributed by atoms with van der Waals surface area (Å²) in [6.45, 7) is 5.43. The summed E-state index contributed by atoms with van der Waals surface area (Å²) in [5.74, 6) is 0.0715. The number of nitrogens with one attached hydrogen (secondary N) is 1. The third-order valence-electron chi connectivity index (χ3n) is 6.06. The van der Waals surface area contributed by atoms with Crippen LogP contribution in [-0.2, 0) is 4.79 Å². The van der Waals surface area contributed by atoms with Crippen LogP contribution in [0.2, 0.25) is 0 Å². The fourth-order valence-corrected chi connectivity index (χ4v) is 4.88. The molecule has 0 atom stereocenters. The monoisotopic (exact) mass is 440 g/mol. The number of nitrogens with zero attached hydrogens (tertiary/aromatic N) is 3. The molecule has 2 aromatic rings. The van der Waals surface area contributed by atoms with Gasteiger partial charge in [0.2, 0.25) is 5.91 Å². The lowest BCUT2D eigenvalue weighted by Crippen LogP contribution is -2.50. The van der Waals surface area contributed by atoms with Gasteiger partial charge in [0.1, 0.15) is 0 Å². The number of piperazine rings is 1. The third-order valence-corrected chi connectivity index (χ3v) is 6.93. The molecule has 31 heavy (non-hydrogen) atoms. The Labute approximate surface area is 186 Å². The quantitative estimate of drug-likeness (QED) is 0.793. The molecule has 0 spiro atoms. The lowest BCUT2D eigenvalue weighted by atomic mass is 10.0. The van der Waals surface area contributed by atoms with Crippen LogP contribution in [0.3, 0.4) is 0 Å². The van der Waals surface area contributed by atoms with Crippen molar-refractivity contribution in [2.75, 3.05) is 44.2 Å². The number of carbonyl (C=O) groups excluding carboxylic acids is 3. The standard InChI is InChI=1S/C23H28N4O3S/c1-17(28)25-12-14-27(15-13-25)23(30)19-5-2-3-6-20(19)26-10-8-18(9-11-26)24-22(29)21-7-4-16-31-21/h2-7,16,18H,8-15H2,1H3,(H,24,29). The Morgan fingerprint density at radius 2 is 1.58 bits per heavy atom. The van der Waals surface area contributed by atoms with Crippen LogP contribution in [0.15, 0.2) is 41.8 Å². The molecule has 2 aliphatic heterocycles. The maximum Gasteiger partial charge on any atom is 0.261 e. The van der Waals surface area contributed by atoms with Crippen molar-refractivity contribution in [1.29, 1.82) is 0 Å². The SMILES string of the molecule is CC(=O)N1CCN(C(=O)c2ccccc2N2CCC(NC(=O)c3cccs3)CC2)CC1. The summed E-state index contributed by atoms with van der Waals surface area (Å²) in [7, 11) is 0. The molecule has 0 saturated carbocycles. The first-order valence-electron chi connectivity index (χ1n) is 10.8. The first-order valence-corrected chi connectivity index (χ1v) is 11.6. The van der Waals surface area contributed by atoms with Gasteiger partial charge < -0.3 is 20.0 Å². The second-order valence-electron chi connectivity index (χ2n) is 8.03. The molecule has 4 rings (SSSR count). The molecule has 0 radical (unpaired) electrons. The fraction of sp³-hybridized carbons (Fsp3) is 0.435. The largest absolute Gasteiger partial charge is 0.371 e. The smallest absolute Gasteiger partial charge is 0.261 e. The van der Waals surface area contributed by atoms with Gasteiger partial charge in [-0.2, -0.15) is 0 Å². The van der Waals surface area contributed by atoms with Gasteiger partial charge in [0.15, 0.2) is 0 Å². The molecule has 2 aliphatic rings. The molecule has 0 bridgehead atoms. The number of hydrogen-bond donors (Lipinski definition) is 1. The average molecular weight is 441 g/mol. The van der Waals surface area contributed by atoms with E-state index in [0.717, 1.165) is 36.5 Å². The highest BCUT2D eigenvalue weighted by Gasteiger charge is 2.28. The number of rotatable bonds is 4. The van der Waals surface area contributed by atoms with E-state index in [2.05, 4.69) is 10.2 Å². The Hall–Kier alpha value is -2.87. The molecule has 3 heterocycles. The van der Waals surface area contributed by atoms with E-state index in [9.17, 15) is 14.4 Å². The molecule has 164 valence electrons. The second-order valence-corrected chi connectivity index (χ2v) is 8.98. The van der Waals surface area contributed by atoms with Crippen LogP contribution in [0.4, 0.5) is 5.69 Å². The number of benzene rings is 1. The fourth-order valence-electron chi connectivity index (χ4n) is 4.25. The van der Waals surface area contributed by atoms with Crippen LogP contribution in [0, 0.1) is 0 Å². The van der Waals surface area contributed by atoms with E-state index in [4.69, 9.17) is 0 Å². The van der Waals surface area contributed by atoms with Crippen LogP contribution in [0.5, 0.6) is 0 Å². The zero-order valence-electron chi connectivity index (χ0n) is 17.8. The number of para-hydroxylation sites is 1. The van der Waals surface area contributed by atoms with Gasteiger partial charge in [0.25, 0.3) is 11.8 Å². The van der Waals surface area contributed by atoms with Crippen molar-refractivity contribution in [1.82, 2.24) is 15.1 Å². The Morgan fingerprint density at radius 3 is 2.23 bits per heavy atom. The number of thiophene rings is 1. The minimum atomic E-state index is -0.00580. The van der Waals surface area contributed by atoms with Gasteiger partial charge >= 0.3 is 0 Å². The normalized spacial score (nSPS) is 17.5. The average Bonchev–Trinajstić information content (AvgIpc) is 3.34. The molecular formula is C23H28N4O3S. The molecule has 1 aromatic carbocycles. The molecule has 2 saturated heterocycles. The molecule has 3 amide bonds. The molecule has 1 N–H and O–H groups in total. The van der Waals surface area contributed by atoms with E-state index in [1.165, 1.54) is 11.3 Å². The highest BCUT2D eigenvalue weighted by atomic mass is 32.1. The summed E-state index contributed by atoms with van der Waals surface area (Å²) in [5.41, 5.74) is 1.66. The van der Waals surface area contributed by atoms with E-state index in [1.807, 2.05) is 46.7 Å². The lowest BCUT2D eigenvalue weighted by molar-refractivity contribution is -0.130. The molecular weight excluding hydrogens is 412 g/mol. The molecule has 7 nitrogen and oxygen atoms in total. The van der Waals surface area contributed by atoms with E-state index in [1.54, 1.807) is 11.8 Å². The van der Waals surface area contributed by atoms with E-state index in [-0.39, 0.29) is 23.8 Å². The van der Waals surface area contributed by atoms with Crippen molar-refractivity contribution in [3.63, 3.8) is 0 Å². The van der Waals surface area contributed by atoms with Gasteiger partial charge in [-0.1, -0.05) is 18.2 Å². The summed E-state index contributed by atoms with van der Waals surface area (Å²) < 4.78 is 0. The minimum Gasteiger partial charge on any atom is -0.371 e. The van der Waals surface area contributed by atoms with Crippen LogP contribution >= 0.6 is 11.3 Å². The van der Waals surface area contributed by atoms with E-state index >= 15 is 0 Å². The zero-order chi connectivity index (χ0) is 21.8. The predicted octanol–water partition coefficient (Wildman–Crippen LogP) is 2.45. The van der Waals surface area contributed by atoms with E-state index in [0.29, 0.717) is 31.7 Å².